The second-order valence-corrected chi connectivity index (χ2v) is 5.88. The lowest BCUT2D eigenvalue weighted by molar-refractivity contribution is -0.135. The standard InChI is InChI=1S/C14H24N2O3/c1-10(2)13-14(18)16(6-5-12(17)15-13)7-8-19-9-11-3-4-11/h10-11,13H,3-9H2,1-2H3,(H,15,17). The molecule has 1 atom stereocenters. The zero-order chi connectivity index (χ0) is 13.8. The van der Waals surface area contributed by atoms with E-state index >= 15 is 0 Å². The maximum Gasteiger partial charge on any atom is 0.245 e. The number of carbonyl (C=O) groups is 2. The van der Waals surface area contributed by atoms with Crippen LogP contribution in [0.25, 0.3) is 0 Å². The van der Waals surface area contributed by atoms with E-state index in [4.69, 9.17) is 4.74 Å². The van der Waals surface area contributed by atoms with Gasteiger partial charge in [-0.1, -0.05) is 13.8 Å². The predicted octanol–water partition coefficient (Wildman–Crippen LogP) is 0.786. The smallest absolute Gasteiger partial charge is 0.245 e. The van der Waals surface area contributed by atoms with E-state index in [0.717, 1.165) is 12.5 Å². The van der Waals surface area contributed by atoms with Crippen molar-refractivity contribution in [1.82, 2.24) is 10.2 Å². The van der Waals surface area contributed by atoms with Gasteiger partial charge in [0.2, 0.25) is 11.8 Å². The van der Waals surface area contributed by atoms with Crippen LogP contribution in [0.1, 0.15) is 33.1 Å². The Bertz CT molecular complexity index is 340. The molecule has 0 aromatic carbocycles. The minimum absolute atomic E-state index is 0.0240. The van der Waals surface area contributed by atoms with Crippen LogP contribution in [0, 0.1) is 11.8 Å². The lowest BCUT2D eigenvalue weighted by Crippen LogP contribution is -2.48. The lowest BCUT2D eigenvalue weighted by Gasteiger charge is -2.25. The van der Waals surface area contributed by atoms with E-state index in [9.17, 15) is 9.59 Å². The molecule has 1 saturated heterocycles. The van der Waals surface area contributed by atoms with Crippen LogP contribution < -0.4 is 5.32 Å². The van der Waals surface area contributed by atoms with Crippen molar-refractivity contribution in [3.63, 3.8) is 0 Å². The van der Waals surface area contributed by atoms with E-state index in [1.165, 1.54) is 12.8 Å². The Labute approximate surface area is 114 Å². The van der Waals surface area contributed by atoms with Gasteiger partial charge in [-0.25, -0.2) is 0 Å². The molecular formula is C14H24N2O3. The summed E-state index contributed by atoms with van der Waals surface area (Å²) >= 11 is 0. The summed E-state index contributed by atoms with van der Waals surface area (Å²) in [5.74, 6) is 0.847. The van der Waals surface area contributed by atoms with E-state index in [1.807, 2.05) is 13.8 Å². The molecule has 2 aliphatic rings. The van der Waals surface area contributed by atoms with Crippen molar-refractivity contribution in [2.75, 3.05) is 26.3 Å². The van der Waals surface area contributed by atoms with Gasteiger partial charge in [-0.2, -0.15) is 0 Å². The molecule has 2 rings (SSSR count). The predicted molar refractivity (Wildman–Crippen MR) is 71.5 cm³/mol. The van der Waals surface area contributed by atoms with Crippen molar-refractivity contribution >= 4 is 11.8 Å². The summed E-state index contributed by atoms with van der Waals surface area (Å²) in [5.41, 5.74) is 0. The molecule has 1 aliphatic carbocycles. The molecule has 1 unspecified atom stereocenters. The fraction of sp³-hybridized carbons (Fsp3) is 0.857. The third-order valence-electron chi connectivity index (χ3n) is 3.73. The topological polar surface area (TPSA) is 58.6 Å². The first-order valence-corrected chi connectivity index (χ1v) is 7.24. The molecule has 108 valence electrons. The fourth-order valence-electron chi connectivity index (χ4n) is 2.23. The van der Waals surface area contributed by atoms with Gasteiger partial charge < -0.3 is 15.0 Å². The van der Waals surface area contributed by atoms with Crippen LogP contribution >= 0.6 is 0 Å². The molecule has 1 heterocycles. The maximum atomic E-state index is 12.3. The normalized spacial score (nSPS) is 24.6. The van der Waals surface area contributed by atoms with E-state index < -0.39 is 6.04 Å². The highest BCUT2D eigenvalue weighted by atomic mass is 16.5. The van der Waals surface area contributed by atoms with Gasteiger partial charge in [-0.05, 0) is 24.7 Å². The van der Waals surface area contributed by atoms with E-state index in [2.05, 4.69) is 5.32 Å². The Morgan fingerprint density at radius 2 is 2.11 bits per heavy atom. The van der Waals surface area contributed by atoms with Gasteiger partial charge >= 0.3 is 0 Å². The number of ether oxygens (including phenoxy) is 1. The van der Waals surface area contributed by atoms with E-state index in [1.54, 1.807) is 4.90 Å². The van der Waals surface area contributed by atoms with Crippen LogP contribution in [0.5, 0.6) is 0 Å². The highest BCUT2D eigenvalue weighted by Crippen LogP contribution is 2.28. The highest BCUT2D eigenvalue weighted by molar-refractivity contribution is 5.90. The Balaban J connectivity index is 1.82. The molecule has 0 aromatic heterocycles. The van der Waals surface area contributed by atoms with Gasteiger partial charge in [-0.15, -0.1) is 0 Å². The van der Waals surface area contributed by atoms with Crippen molar-refractivity contribution in [2.24, 2.45) is 11.8 Å². The minimum atomic E-state index is -0.390. The van der Waals surface area contributed by atoms with Crippen LogP contribution in [-0.2, 0) is 14.3 Å². The van der Waals surface area contributed by atoms with Gasteiger partial charge in [0, 0.05) is 26.1 Å². The monoisotopic (exact) mass is 268 g/mol. The van der Waals surface area contributed by atoms with Crippen molar-refractivity contribution in [2.45, 2.75) is 39.2 Å². The van der Waals surface area contributed by atoms with E-state index in [-0.39, 0.29) is 17.7 Å². The van der Waals surface area contributed by atoms with Gasteiger partial charge in [0.05, 0.1) is 6.61 Å². The molecule has 1 saturated carbocycles. The number of hydrogen-bond acceptors (Lipinski definition) is 3. The number of nitrogens with zero attached hydrogens (tertiary/aromatic N) is 1. The first-order chi connectivity index (χ1) is 9.08. The van der Waals surface area contributed by atoms with Crippen molar-refractivity contribution < 1.29 is 14.3 Å². The zero-order valence-corrected chi connectivity index (χ0v) is 11.9. The number of hydrogen-bond donors (Lipinski definition) is 1. The third-order valence-corrected chi connectivity index (χ3v) is 3.73. The number of amides is 2. The first-order valence-electron chi connectivity index (χ1n) is 7.24. The summed E-state index contributed by atoms with van der Waals surface area (Å²) < 4.78 is 5.57. The van der Waals surface area contributed by atoms with Crippen LogP contribution in [0.2, 0.25) is 0 Å². The number of nitrogens with one attached hydrogen (secondary N) is 1. The van der Waals surface area contributed by atoms with Crippen molar-refractivity contribution in [3.8, 4) is 0 Å². The summed E-state index contributed by atoms with van der Waals surface area (Å²) in [6.07, 6.45) is 2.94. The van der Waals surface area contributed by atoms with Crippen LogP contribution in [0.15, 0.2) is 0 Å². The molecule has 19 heavy (non-hydrogen) atoms. The quantitative estimate of drug-likeness (QED) is 0.724. The molecule has 0 radical (unpaired) electrons. The molecule has 1 N–H and O–H groups in total. The molecule has 2 amide bonds. The van der Waals surface area contributed by atoms with E-state index in [0.29, 0.717) is 26.1 Å². The summed E-state index contributed by atoms with van der Waals surface area (Å²) in [6, 6.07) is -0.390. The SMILES string of the molecule is CC(C)C1NC(=O)CCN(CCOCC2CC2)C1=O. The molecule has 2 fully saturated rings. The number of carbonyl (C=O) groups excluding carboxylic acids is 2. The van der Waals surface area contributed by atoms with Crippen LogP contribution in [0.4, 0.5) is 0 Å². The molecule has 5 nitrogen and oxygen atoms in total. The first kappa shape index (κ1) is 14.3. The van der Waals surface area contributed by atoms with Gasteiger partial charge in [0.1, 0.15) is 6.04 Å². The molecule has 0 aromatic rings. The van der Waals surface area contributed by atoms with Gasteiger partial charge in [0.15, 0.2) is 0 Å². The molecular weight excluding hydrogens is 244 g/mol. The Kier molecular flexibility index (Phi) is 4.80. The zero-order valence-electron chi connectivity index (χ0n) is 11.9. The summed E-state index contributed by atoms with van der Waals surface area (Å²) in [5, 5.41) is 2.81. The van der Waals surface area contributed by atoms with Crippen LogP contribution in [0.3, 0.4) is 0 Å². The second kappa shape index (κ2) is 6.37. The Hall–Kier alpha value is -1.10. The molecule has 0 spiro atoms. The van der Waals surface area contributed by atoms with Crippen molar-refractivity contribution in [1.29, 1.82) is 0 Å². The highest BCUT2D eigenvalue weighted by Gasteiger charge is 2.31. The van der Waals surface area contributed by atoms with Gasteiger partial charge in [0.25, 0.3) is 0 Å². The lowest BCUT2D eigenvalue weighted by atomic mass is 10.0. The molecule has 5 heteroatoms. The van der Waals surface area contributed by atoms with Crippen molar-refractivity contribution in [3.05, 3.63) is 0 Å². The molecule has 0 bridgehead atoms. The number of rotatable bonds is 6. The van der Waals surface area contributed by atoms with Gasteiger partial charge in [-0.3, -0.25) is 9.59 Å². The summed E-state index contributed by atoms with van der Waals surface area (Å²) in [6.45, 7) is 6.38. The molecule has 1 aliphatic heterocycles. The average Bonchev–Trinajstić information content (AvgIpc) is 3.17. The average molecular weight is 268 g/mol. The third kappa shape index (κ3) is 4.20. The maximum absolute atomic E-state index is 12.3. The second-order valence-electron chi connectivity index (χ2n) is 5.88. The summed E-state index contributed by atoms with van der Waals surface area (Å²) in [4.78, 5) is 25.7. The Morgan fingerprint density at radius 1 is 1.37 bits per heavy atom. The summed E-state index contributed by atoms with van der Waals surface area (Å²) in [7, 11) is 0. The largest absolute Gasteiger partial charge is 0.379 e. The Morgan fingerprint density at radius 3 is 2.74 bits per heavy atom. The fourth-order valence-corrected chi connectivity index (χ4v) is 2.23. The minimum Gasteiger partial charge on any atom is -0.379 e. The van der Waals surface area contributed by atoms with Crippen LogP contribution in [-0.4, -0.2) is 49.1 Å².